The zero-order valence-electron chi connectivity index (χ0n) is 14.1. The standard InChI is InChI=1S/C20H18ClN3O2/c1-13(23-18-8-6-14-4-2-3-5-15(14)11-18)20(26)24-22-12-16-10-17(21)7-9-19(16)25/h2-13,23,25H,1H3,(H,24,26). The minimum absolute atomic E-state index is 0.0368. The molecule has 0 aromatic heterocycles. The first-order chi connectivity index (χ1) is 12.5. The molecule has 3 rings (SSSR count). The smallest absolute Gasteiger partial charge is 0.262 e. The van der Waals surface area contributed by atoms with E-state index >= 15 is 0 Å². The summed E-state index contributed by atoms with van der Waals surface area (Å²) < 4.78 is 0. The number of amides is 1. The number of hydrazone groups is 1. The van der Waals surface area contributed by atoms with Crippen LogP contribution in [0.2, 0.25) is 5.02 Å². The second-order valence-corrected chi connectivity index (χ2v) is 6.30. The van der Waals surface area contributed by atoms with E-state index in [1.165, 1.54) is 12.3 Å². The van der Waals surface area contributed by atoms with Crippen LogP contribution < -0.4 is 10.7 Å². The summed E-state index contributed by atoms with van der Waals surface area (Å²) in [5.41, 5.74) is 3.72. The van der Waals surface area contributed by atoms with E-state index in [1.54, 1.807) is 19.1 Å². The normalized spacial score (nSPS) is 12.2. The maximum atomic E-state index is 12.2. The first-order valence-electron chi connectivity index (χ1n) is 8.10. The number of hydrogen-bond acceptors (Lipinski definition) is 4. The fraction of sp³-hybridized carbons (Fsp3) is 0.100. The number of aromatic hydroxyl groups is 1. The number of hydrogen-bond donors (Lipinski definition) is 3. The van der Waals surface area contributed by atoms with Gasteiger partial charge in [-0.05, 0) is 48.0 Å². The van der Waals surface area contributed by atoms with Crippen LogP contribution in [0.3, 0.4) is 0 Å². The van der Waals surface area contributed by atoms with E-state index in [9.17, 15) is 9.90 Å². The first kappa shape index (κ1) is 17.8. The number of halogens is 1. The Kier molecular flexibility index (Phi) is 5.39. The van der Waals surface area contributed by atoms with Crippen LogP contribution in [-0.4, -0.2) is 23.3 Å². The quantitative estimate of drug-likeness (QED) is 0.468. The summed E-state index contributed by atoms with van der Waals surface area (Å²) in [6.45, 7) is 1.75. The molecule has 3 aromatic carbocycles. The van der Waals surface area contributed by atoms with Gasteiger partial charge in [0.25, 0.3) is 5.91 Å². The summed E-state index contributed by atoms with van der Waals surface area (Å²) in [6.07, 6.45) is 1.35. The zero-order chi connectivity index (χ0) is 18.5. The van der Waals surface area contributed by atoms with Gasteiger partial charge in [-0.15, -0.1) is 0 Å². The largest absolute Gasteiger partial charge is 0.507 e. The Hall–Kier alpha value is -3.05. The summed E-state index contributed by atoms with van der Waals surface area (Å²) in [5, 5.41) is 19.4. The number of fused-ring (bicyclic) bond motifs is 1. The lowest BCUT2D eigenvalue weighted by Gasteiger charge is -2.14. The molecule has 0 aliphatic heterocycles. The lowest BCUT2D eigenvalue weighted by Crippen LogP contribution is -2.34. The number of phenolic OH excluding ortho intramolecular Hbond substituents is 1. The molecular formula is C20H18ClN3O2. The van der Waals surface area contributed by atoms with Crippen molar-refractivity contribution in [1.29, 1.82) is 0 Å². The second kappa shape index (κ2) is 7.89. The third-order valence-electron chi connectivity index (χ3n) is 3.89. The van der Waals surface area contributed by atoms with Crippen LogP contribution in [0.15, 0.2) is 65.8 Å². The fourth-order valence-electron chi connectivity index (χ4n) is 2.49. The number of anilines is 1. The molecule has 1 unspecified atom stereocenters. The molecule has 0 radical (unpaired) electrons. The maximum absolute atomic E-state index is 12.2. The van der Waals surface area contributed by atoms with Gasteiger partial charge in [-0.3, -0.25) is 4.79 Å². The Morgan fingerprint density at radius 1 is 1.12 bits per heavy atom. The number of nitrogens with one attached hydrogen (secondary N) is 2. The summed E-state index contributed by atoms with van der Waals surface area (Å²) in [7, 11) is 0. The van der Waals surface area contributed by atoms with Gasteiger partial charge in [-0.25, -0.2) is 5.43 Å². The van der Waals surface area contributed by atoms with Gasteiger partial charge in [0.05, 0.1) is 6.21 Å². The van der Waals surface area contributed by atoms with Crippen molar-refractivity contribution in [2.75, 3.05) is 5.32 Å². The number of rotatable bonds is 5. The lowest BCUT2D eigenvalue weighted by atomic mass is 10.1. The van der Waals surface area contributed by atoms with Crippen LogP contribution in [0.25, 0.3) is 10.8 Å². The minimum Gasteiger partial charge on any atom is -0.507 e. The molecule has 0 spiro atoms. The average Bonchev–Trinajstić information content (AvgIpc) is 2.64. The molecule has 0 fully saturated rings. The Balaban J connectivity index is 1.61. The van der Waals surface area contributed by atoms with Crippen LogP contribution in [0.4, 0.5) is 5.69 Å². The summed E-state index contributed by atoms with van der Waals surface area (Å²) >= 11 is 5.87. The van der Waals surface area contributed by atoms with Crippen LogP contribution in [0.1, 0.15) is 12.5 Å². The molecule has 26 heavy (non-hydrogen) atoms. The van der Waals surface area contributed by atoms with Gasteiger partial charge in [-0.1, -0.05) is 41.9 Å². The molecule has 0 saturated carbocycles. The minimum atomic E-state index is -0.485. The van der Waals surface area contributed by atoms with Gasteiger partial charge in [0.15, 0.2) is 0 Å². The van der Waals surface area contributed by atoms with E-state index in [0.29, 0.717) is 10.6 Å². The van der Waals surface area contributed by atoms with E-state index < -0.39 is 6.04 Å². The van der Waals surface area contributed by atoms with E-state index in [1.807, 2.05) is 42.5 Å². The van der Waals surface area contributed by atoms with Crippen molar-refractivity contribution in [3.05, 3.63) is 71.2 Å². The Bertz CT molecular complexity index is 972. The molecule has 3 aromatic rings. The van der Waals surface area contributed by atoms with Gasteiger partial charge in [0.1, 0.15) is 11.8 Å². The SMILES string of the molecule is CC(Nc1ccc2ccccc2c1)C(=O)NN=Cc1cc(Cl)ccc1O. The molecule has 1 amide bonds. The fourth-order valence-corrected chi connectivity index (χ4v) is 2.67. The van der Waals surface area contributed by atoms with Gasteiger partial charge in [-0.2, -0.15) is 5.10 Å². The average molecular weight is 368 g/mol. The maximum Gasteiger partial charge on any atom is 0.262 e. The third kappa shape index (κ3) is 4.32. The number of carbonyl (C=O) groups excluding carboxylic acids is 1. The van der Waals surface area contributed by atoms with Crippen LogP contribution in [0.5, 0.6) is 5.75 Å². The second-order valence-electron chi connectivity index (χ2n) is 5.87. The predicted molar refractivity (Wildman–Crippen MR) is 106 cm³/mol. The molecule has 3 N–H and O–H groups in total. The zero-order valence-corrected chi connectivity index (χ0v) is 14.9. The van der Waals surface area contributed by atoms with Crippen LogP contribution in [0, 0.1) is 0 Å². The molecule has 1 atom stereocenters. The molecule has 0 heterocycles. The van der Waals surface area contributed by atoms with Crippen molar-refractivity contribution in [3.8, 4) is 5.75 Å². The molecule has 6 heteroatoms. The Morgan fingerprint density at radius 3 is 2.69 bits per heavy atom. The van der Waals surface area contributed by atoms with Crippen molar-refractivity contribution in [3.63, 3.8) is 0 Å². The van der Waals surface area contributed by atoms with Crippen molar-refractivity contribution < 1.29 is 9.90 Å². The molecule has 5 nitrogen and oxygen atoms in total. The monoisotopic (exact) mass is 367 g/mol. The molecular weight excluding hydrogens is 350 g/mol. The first-order valence-corrected chi connectivity index (χ1v) is 8.47. The highest BCUT2D eigenvalue weighted by molar-refractivity contribution is 6.30. The van der Waals surface area contributed by atoms with Gasteiger partial charge >= 0.3 is 0 Å². The summed E-state index contributed by atoms with van der Waals surface area (Å²) in [5.74, 6) is -0.259. The highest BCUT2D eigenvalue weighted by Crippen LogP contribution is 2.20. The van der Waals surface area contributed by atoms with Gasteiger partial charge in [0, 0.05) is 16.3 Å². The number of carbonyl (C=O) groups is 1. The van der Waals surface area contributed by atoms with Crippen molar-refractivity contribution in [1.82, 2.24) is 5.43 Å². The van der Waals surface area contributed by atoms with Crippen molar-refractivity contribution in [2.45, 2.75) is 13.0 Å². The van der Waals surface area contributed by atoms with Crippen molar-refractivity contribution in [2.24, 2.45) is 5.10 Å². The Morgan fingerprint density at radius 2 is 1.88 bits per heavy atom. The summed E-state index contributed by atoms with van der Waals surface area (Å²) in [4.78, 5) is 12.2. The van der Waals surface area contributed by atoms with E-state index in [0.717, 1.165) is 16.5 Å². The highest BCUT2D eigenvalue weighted by Gasteiger charge is 2.12. The topological polar surface area (TPSA) is 73.7 Å². The van der Waals surface area contributed by atoms with Crippen LogP contribution >= 0.6 is 11.6 Å². The third-order valence-corrected chi connectivity index (χ3v) is 4.13. The van der Waals surface area contributed by atoms with Crippen molar-refractivity contribution >= 4 is 40.2 Å². The van der Waals surface area contributed by atoms with Crippen LogP contribution in [-0.2, 0) is 4.79 Å². The molecule has 0 bridgehead atoms. The molecule has 0 saturated heterocycles. The molecule has 0 aliphatic carbocycles. The lowest BCUT2D eigenvalue weighted by molar-refractivity contribution is -0.121. The van der Waals surface area contributed by atoms with E-state index in [4.69, 9.17) is 11.6 Å². The van der Waals surface area contributed by atoms with E-state index in [2.05, 4.69) is 15.8 Å². The van der Waals surface area contributed by atoms with Gasteiger partial charge in [0.2, 0.25) is 0 Å². The van der Waals surface area contributed by atoms with E-state index in [-0.39, 0.29) is 11.7 Å². The summed E-state index contributed by atoms with van der Waals surface area (Å²) in [6, 6.07) is 18.1. The Labute approximate surface area is 156 Å². The predicted octanol–water partition coefficient (Wildman–Crippen LogP) is 4.15. The number of phenols is 1. The molecule has 132 valence electrons. The molecule has 0 aliphatic rings. The highest BCUT2D eigenvalue weighted by atomic mass is 35.5. The van der Waals surface area contributed by atoms with Gasteiger partial charge < -0.3 is 10.4 Å². The number of benzene rings is 3. The number of nitrogens with zero attached hydrogens (tertiary/aromatic N) is 1.